The standard InChI is InChI=1S/C12H13NO2/c1-15-11-6-8(7-13)12(14)10-5-3-2-4-9(10)11/h6,14H,2-5H2,1H3. The topological polar surface area (TPSA) is 53.2 Å². The lowest BCUT2D eigenvalue weighted by Gasteiger charge is -2.20. The first-order valence-corrected chi connectivity index (χ1v) is 5.09. The summed E-state index contributed by atoms with van der Waals surface area (Å²) < 4.78 is 5.25. The lowest BCUT2D eigenvalue weighted by Crippen LogP contribution is -2.06. The molecule has 0 fully saturated rings. The molecule has 3 heteroatoms. The Labute approximate surface area is 88.9 Å². The number of benzene rings is 1. The third-order valence-electron chi connectivity index (χ3n) is 2.92. The van der Waals surface area contributed by atoms with E-state index in [2.05, 4.69) is 0 Å². The van der Waals surface area contributed by atoms with E-state index in [-0.39, 0.29) is 5.75 Å². The molecular formula is C12H13NO2. The lowest BCUT2D eigenvalue weighted by atomic mass is 9.88. The highest BCUT2D eigenvalue weighted by atomic mass is 16.5. The van der Waals surface area contributed by atoms with Crippen molar-refractivity contribution in [1.82, 2.24) is 0 Å². The molecule has 0 aliphatic heterocycles. The van der Waals surface area contributed by atoms with Crippen LogP contribution >= 0.6 is 0 Å². The number of aromatic hydroxyl groups is 1. The molecule has 0 heterocycles. The molecule has 0 amide bonds. The Kier molecular flexibility index (Phi) is 2.51. The lowest BCUT2D eigenvalue weighted by molar-refractivity contribution is 0.400. The van der Waals surface area contributed by atoms with E-state index in [1.165, 1.54) is 0 Å². The number of hydrogen-bond acceptors (Lipinski definition) is 3. The molecule has 0 bridgehead atoms. The summed E-state index contributed by atoms with van der Waals surface area (Å²) in [6.07, 6.45) is 3.96. The smallest absolute Gasteiger partial charge is 0.137 e. The summed E-state index contributed by atoms with van der Waals surface area (Å²) >= 11 is 0. The Morgan fingerprint density at radius 3 is 2.60 bits per heavy atom. The molecule has 15 heavy (non-hydrogen) atoms. The second kappa shape index (κ2) is 3.82. The van der Waals surface area contributed by atoms with Gasteiger partial charge in [0.2, 0.25) is 0 Å². The molecule has 0 saturated carbocycles. The number of nitrogens with zero attached hydrogens (tertiary/aromatic N) is 1. The van der Waals surface area contributed by atoms with Crippen molar-refractivity contribution in [2.24, 2.45) is 0 Å². The third kappa shape index (κ3) is 1.52. The molecule has 0 unspecified atom stereocenters. The van der Waals surface area contributed by atoms with Crippen molar-refractivity contribution >= 4 is 0 Å². The summed E-state index contributed by atoms with van der Waals surface area (Å²) in [6.45, 7) is 0. The van der Waals surface area contributed by atoms with Crippen molar-refractivity contribution in [3.8, 4) is 17.6 Å². The van der Waals surface area contributed by atoms with E-state index in [1.54, 1.807) is 13.2 Å². The van der Waals surface area contributed by atoms with Gasteiger partial charge in [-0.1, -0.05) is 0 Å². The maximum Gasteiger partial charge on any atom is 0.137 e. The average molecular weight is 203 g/mol. The Morgan fingerprint density at radius 1 is 1.33 bits per heavy atom. The molecule has 0 saturated heterocycles. The zero-order valence-corrected chi connectivity index (χ0v) is 8.71. The van der Waals surface area contributed by atoms with Crippen LogP contribution in [-0.2, 0) is 12.8 Å². The number of rotatable bonds is 1. The minimum Gasteiger partial charge on any atom is -0.506 e. The van der Waals surface area contributed by atoms with Crippen LogP contribution in [0.25, 0.3) is 0 Å². The predicted molar refractivity (Wildman–Crippen MR) is 56.0 cm³/mol. The van der Waals surface area contributed by atoms with Gasteiger partial charge < -0.3 is 9.84 Å². The Balaban J connectivity index is 2.65. The summed E-state index contributed by atoms with van der Waals surface area (Å²) in [4.78, 5) is 0. The number of phenolic OH excluding ortho intramolecular Hbond substituents is 1. The normalized spacial score (nSPS) is 14.1. The fourth-order valence-electron chi connectivity index (χ4n) is 2.16. The fourth-order valence-corrected chi connectivity index (χ4v) is 2.16. The van der Waals surface area contributed by atoms with Gasteiger partial charge in [-0.25, -0.2) is 0 Å². The van der Waals surface area contributed by atoms with Crippen molar-refractivity contribution in [3.05, 3.63) is 22.8 Å². The summed E-state index contributed by atoms with van der Waals surface area (Å²) in [5, 5.41) is 18.8. The number of nitriles is 1. The second-order valence-corrected chi connectivity index (χ2v) is 3.75. The Morgan fingerprint density at radius 2 is 2.00 bits per heavy atom. The SMILES string of the molecule is COc1cc(C#N)c(O)c2c1CCCC2. The van der Waals surface area contributed by atoms with Crippen molar-refractivity contribution < 1.29 is 9.84 Å². The summed E-state index contributed by atoms with van der Waals surface area (Å²) in [5.74, 6) is 0.882. The van der Waals surface area contributed by atoms with Gasteiger partial charge in [-0.15, -0.1) is 0 Å². The van der Waals surface area contributed by atoms with Gasteiger partial charge in [0.15, 0.2) is 0 Å². The highest BCUT2D eigenvalue weighted by Crippen LogP contribution is 2.37. The van der Waals surface area contributed by atoms with Gasteiger partial charge in [-0.05, 0) is 25.7 Å². The molecule has 1 aromatic rings. The maximum absolute atomic E-state index is 9.88. The molecule has 1 N–H and O–H groups in total. The first-order chi connectivity index (χ1) is 7.27. The molecule has 0 atom stereocenters. The number of hydrogen-bond donors (Lipinski definition) is 1. The number of ether oxygens (including phenoxy) is 1. The summed E-state index contributed by atoms with van der Waals surface area (Å²) in [5.41, 5.74) is 2.28. The molecule has 0 spiro atoms. The molecule has 1 aliphatic rings. The van der Waals surface area contributed by atoms with Crippen LogP contribution in [0.2, 0.25) is 0 Å². The fraction of sp³-hybridized carbons (Fsp3) is 0.417. The predicted octanol–water partition coefficient (Wildman–Crippen LogP) is 2.15. The minimum absolute atomic E-state index is 0.146. The molecule has 2 rings (SSSR count). The highest BCUT2D eigenvalue weighted by molar-refractivity contribution is 5.58. The van der Waals surface area contributed by atoms with Gasteiger partial charge in [0.1, 0.15) is 17.6 Å². The summed E-state index contributed by atoms with van der Waals surface area (Å²) in [7, 11) is 1.60. The van der Waals surface area contributed by atoms with E-state index in [4.69, 9.17) is 10.00 Å². The van der Waals surface area contributed by atoms with E-state index < -0.39 is 0 Å². The molecule has 3 nitrogen and oxygen atoms in total. The van der Waals surface area contributed by atoms with E-state index >= 15 is 0 Å². The van der Waals surface area contributed by atoms with Crippen LogP contribution < -0.4 is 4.74 Å². The highest BCUT2D eigenvalue weighted by Gasteiger charge is 2.20. The first kappa shape index (κ1) is 9.85. The van der Waals surface area contributed by atoms with Gasteiger partial charge >= 0.3 is 0 Å². The van der Waals surface area contributed by atoms with Crippen LogP contribution in [0.4, 0.5) is 0 Å². The van der Waals surface area contributed by atoms with Gasteiger partial charge in [0.25, 0.3) is 0 Å². The van der Waals surface area contributed by atoms with Crippen LogP contribution in [-0.4, -0.2) is 12.2 Å². The van der Waals surface area contributed by atoms with E-state index in [0.717, 1.165) is 42.6 Å². The van der Waals surface area contributed by atoms with E-state index in [9.17, 15) is 5.11 Å². The van der Waals surface area contributed by atoms with Crippen LogP contribution in [0.5, 0.6) is 11.5 Å². The minimum atomic E-state index is 0.146. The first-order valence-electron chi connectivity index (χ1n) is 5.09. The second-order valence-electron chi connectivity index (χ2n) is 3.75. The van der Waals surface area contributed by atoms with Gasteiger partial charge in [-0.2, -0.15) is 5.26 Å². The van der Waals surface area contributed by atoms with Crippen molar-refractivity contribution in [2.75, 3.05) is 7.11 Å². The molecule has 78 valence electrons. The van der Waals surface area contributed by atoms with Crippen LogP contribution in [0.1, 0.15) is 29.5 Å². The van der Waals surface area contributed by atoms with Crippen LogP contribution in [0.15, 0.2) is 6.07 Å². The number of phenols is 1. The molecule has 1 aromatic carbocycles. The third-order valence-corrected chi connectivity index (χ3v) is 2.92. The zero-order valence-electron chi connectivity index (χ0n) is 8.71. The number of fused-ring (bicyclic) bond motifs is 1. The molecule has 0 aromatic heterocycles. The summed E-state index contributed by atoms with van der Waals surface area (Å²) in [6, 6.07) is 3.61. The number of methoxy groups -OCH3 is 1. The van der Waals surface area contributed by atoms with Crippen LogP contribution in [0.3, 0.4) is 0 Å². The average Bonchev–Trinajstić information content (AvgIpc) is 2.30. The molecule has 1 aliphatic carbocycles. The van der Waals surface area contributed by atoms with Crippen molar-refractivity contribution in [2.45, 2.75) is 25.7 Å². The monoisotopic (exact) mass is 203 g/mol. The maximum atomic E-state index is 9.88. The Bertz CT molecular complexity index is 432. The van der Waals surface area contributed by atoms with Gasteiger partial charge in [0, 0.05) is 17.2 Å². The van der Waals surface area contributed by atoms with E-state index in [0.29, 0.717) is 5.56 Å². The van der Waals surface area contributed by atoms with Crippen molar-refractivity contribution in [3.63, 3.8) is 0 Å². The molecular weight excluding hydrogens is 190 g/mol. The molecule has 0 radical (unpaired) electrons. The van der Waals surface area contributed by atoms with Crippen molar-refractivity contribution in [1.29, 1.82) is 5.26 Å². The van der Waals surface area contributed by atoms with Gasteiger partial charge in [-0.3, -0.25) is 0 Å². The zero-order chi connectivity index (χ0) is 10.8. The van der Waals surface area contributed by atoms with Gasteiger partial charge in [0.05, 0.1) is 12.7 Å². The van der Waals surface area contributed by atoms with Crippen LogP contribution in [0, 0.1) is 11.3 Å². The largest absolute Gasteiger partial charge is 0.506 e. The van der Waals surface area contributed by atoms with E-state index in [1.807, 2.05) is 6.07 Å². The Hall–Kier alpha value is -1.69. The quantitative estimate of drug-likeness (QED) is 0.760.